The number of carbonyl (C=O) groups is 1. The van der Waals surface area contributed by atoms with E-state index in [0.717, 1.165) is 13.0 Å². The Morgan fingerprint density at radius 3 is 2.40 bits per heavy atom. The number of methoxy groups -OCH3 is 1. The third kappa shape index (κ3) is 5.74. The van der Waals surface area contributed by atoms with E-state index in [2.05, 4.69) is 23.5 Å². The van der Waals surface area contributed by atoms with Crippen LogP contribution < -0.4 is 0 Å². The fourth-order valence-electron chi connectivity index (χ4n) is 1.68. The van der Waals surface area contributed by atoms with E-state index in [1.54, 1.807) is 0 Å². The van der Waals surface area contributed by atoms with Gasteiger partial charge in [-0.2, -0.15) is 0 Å². The van der Waals surface area contributed by atoms with Crippen LogP contribution in [0.1, 0.15) is 33.6 Å². The number of esters is 1. The summed E-state index contributed by atoms with van der Waals surface area (Å²) in [7, 11) is 1.41. The van der Waals surface area contributed by atoms with Crippen LogP contribution in [0.2, 0.25) is 0 Å². The van der Waals surface area contributed by atoms with Crippen molar-refractivity contribution >= 4 is 5.97 Å². The Morgan fingerprint density at radius 1 is 1.40 bits per heavy atom. The number of ether oxygens (including phenoxy) is 1. The predicted octanol–water partition coefficient (Wildman–Crippen LogP) is 1.03. The monoisotopic (exact) mass is 217 g/mol. The molecule has 4 heteroatoms. The average Bonchev–Trinajstić information content (AvgIpc) is 2.17. The minimum atomic E-state index is -0.183. The Labute approximate surface area is 92.2 Å². The second kappa shape index (κ2) is 7.65. The van der Waals surface area contributed by atoms with E-state index in [4.69, 9.17) is 5.11 Å². The molecule has 0 rings (SSSR count). The average molecular weight is 217 g/mol. The van der Waals surface area contributed by atoms with E-state index >= 15 is 0 Å². The number of hydrogen-bond acceptors (Lipinski definition) is 4. The van der Waals surface area contributed by atoms with E-state index in [0.29, 0.717) is 12.5 Å². The first-order valence-electron chi connectivity index (χ1n) is 5.46. The van der Waals surface area contributed by atoms with Gasteiger partial charge in [-0.3, -0.25) is 9.69 Å². The molecule has 0 bridgehead atoms. The molecule has 0 heterocycles. The molecule has 1 atom stereocenters. The number of aliphatic hydroxyl groups excluding tert-OH is 1. The smallest absolute Gasteiger partial charge is 0.307 e. The van der Waals surface area contributed by atoms with Crippen molar-refractivity contribution in [2.75, 3.05) is 20.3 Å². The van der Waals surface area contributed by atoms with Crippen LogP contribution in [-0.4, -0.2) is 48.3 Å². The Bertz CT molecular complexity index is 183. The van der Waals surface area contributed by atoms with Gasteiger partial charge in [0.1, 0.15) is 0 Å². The Morgan fingerprint density at radius 2 is 2.00 bits per heavy atom. The van der Waals surface area contributed by atoms with Gasteiger partial charge in [-0.15, -0.1) is 0 Å². The van der Waals surface area contributed by atoms with Crippen molar-refractivity contribution < 1.29 is 14.6 Å². The van der Waals surface area contributed by atoms with Gasteiger partial charge in [-0.1, -0.05) is 0 Å². The molecule has 0 aliphatic carbocycles. The molecule has 90 valence electrons. The highest BCUT2D eigenvalue weighted by molar-refractivity contribution is 5.69. The van der Waals surface area contributed by atoms with E-state index in [1.165, 1.54) is 7.11 Å². The number of aliphatic hydroxyl groups is 1. The van der Waals surface area contributed by atoms with Crippen LogP contribution in [0, 0.1) is 0 Å². The minimum Gasteiger partial charge on any atom is -0.469 e. The van der Waals surface area contributed by atoms with Gasteiger partial charge in [0.15, 0.2) is 0 Å². The van der Waals surface area contributed by atoms with Crippen molar-refractivity contribution in [3.8, 4) is 0 Å². The Kier molecular flexibility index (Phi) is 7.34. The highest BCUT2D eigenvalue weighted by Crippen LogP contribution is 2.10. The molecule has 0 aliphatic rings. The summed E-state index contributed by atoms with van der Waals surface area (Å²) < 4.78 is 4.64. The molecule has 15 heavy (non-hydrogen) atoms. The van der Waals surface area contributed by atoms with Gasteiger partial charge >= 0.3 is 5.97 Å². The molecule has 0 amide bonds. The lowest BCUT2D eigenvalue weighted by molar-refractivity contribution is -0.142. The van der Waals surface area contributed by atoms with Crippen LogP contribution in [0.3, 0.4) is 0 Å². The molecular formula is C11H23NO3. The summed E-state index contributed by atoms with van der Waals surface area (Å²) in [4.78, 5) is 13.3. The summed E-state index contributed by atoms with van der Waals surface area (Å²) >= 11 is 0. The topological polar surface area (TPSA) is 49.8 Å². The van der Waals surface area contributed by atoms with Gasteiger partial charge in [-0.25, -0.2) is 0 Å². The lowest BCUT2D eigenvalue weighted by Crippen LogP contribution is -2.41. The van der Waals surface area contributed by atoms with Gasteiger partial charge in [0, 0.05) is 25.2 Å². The van der Waals surface area contributed by atoms with Gasteiger partial charge in [0.25, 0.3) is 0 Å². The van der Waals surface area contributed by atoms with Crippen molar-refractivity contribution in [3.63, 3.8) is 0 Å². The maximum Gasteiger partial charge on any atom is 0.307 e. The quantitative estimate of drug-likeness (QED) is 0.647. The van der Waals surface area contributed by atoms with Gasteiger partial charge < -0.3 is 9.84 Å². The first kappa shape index (κ1) is 14.4. The molecule has 0 aliphatic heterocycles. The van der Waals surface area contributed by atoms with Crippen LogP contribution in [0.15, 0.2) is 0 Å². The highest BCUT2D eigenvalue weighted by Gasteiger charge is 2.19. The van der Waals surface area contributed by atoms with E-state index < -0.39 is 0 Å². The highest BCUT2D eigenvalue weighted by atomic mass is 16.5. The summed E-state index contributed by atoms with van der Waals surface area (Å²) in [6.45, 7) is 7.19. The van der Waals surface area contributed by atoms with Crippen LogP contribution in [0.4, 0.5) is 0 Å². The lowest BCUT2D eigenvalue weighted by atomic mass is 10.1. The number of rotatable bonds is 7. The zero-order valence-corrected chi connectivity index (χ0v) is 10.2. The predicted molar refractivity (Wildman–Crippen MR) is 59.6 cm³/mol. The molecule has 1 N–H and O–H groups in total. The first-order valence-corrected chi connectivity index (χ1v) is 5.46. The summed E-state index contributed by atoms with van der Waals surface area (Å²) in [5.74, 6) is -0.183. The largest absolute Gasteiger partial charge is 0.469 e. The lowest BCUT2D eigenvalue weighted by Gasteiger charge is -2.31. The Hall–Kier alpha value is -0.610. The molecule has 0 fully saturated rings. The van der Waals surface area contributed by atoms with Crippen LogP contribution in [0.25, 0.3) is 0 Å². The number of carbonyl (C=O) groups excluding carboxylic acids is 1. The summed E-state index contributed by atoms with van der Waals surface area (Å²) in [6, 6.07) is 0.528. The van der Waals surface area contributed by atoms with Crippen molar-refractivity contribution in [2.45, 2.75) is 45.7 Å². The standard InChI is InChI=1S/C11H23NO3/c1-9(2)12(6-5-7-13)10(3)8-11(14)15-4/h9-10,13H,5-8H2,1-4H3. The van der Waals surface area contributed by atoms with Crippen LogP contribution in [0.5, 0.6) is 0 Å². The summed E-state index contributed by atoms with van der Waals surface area (Å²) in [5, 5.41) is 8.79. The minimum absolute atomic E-state index is 0.156. The molecule has 0 saturated heterocycles. The molecule has 4 nitrogen and oxygen atoms in total. The zero-order chi connectivity index (χ0) is 11.8. The summed E-state index contributed by atoms with van der Waals surface area (Å²) in [6.07, 6.45) is 1.14. The van der Waals surface area contributed by atoms with Crippen LogP contribution >= 0.6 is 0 Å². The van der Waals surface area contributed by atoms with E-state index in [9.17, 15) is 4.79 Å². The van der Waals surface area contributed by atoms with Crippen molar-refractivity contribution in [2.24, 2.45) is 0 Å². The SMILES string of the molecule is COC(=O)CC(C)N(CCCO)C(C)C. The molecule has 0 spiro atoms. The third-order valence-corrected chi connectivity index (χ3v) is 2.49. The summed E-state index contributed by atoms with van der Waals surface area (Å²) in [5.41, 5.74) is 0. The molecule has 0 aromatic heterocycles. The number of nitrogens with zero attached hydrogens (tertiary/aromatic N) is 1. The van der Waals surface area contributed by atoms with Gasteiger partial charge in [-0.05, 0) is 27.2 Å². The van der Waals surface area contributed by atoms with E-state index in [-0.39, 0.29) is 18.6 Å². The Balaban J connectivity index is 4.15. The third-order valence-electron chi connectivity index (χ3n) is 2.49. The molecular weight excluding hydrogens is 194 g/mol. The molecule has 1 unspecified atom stereocenters. The number of hydrogen-bond donors (Lipinski definition) is 1. The normalized spacial score (nSPS) is 13.3. The molecule has 0 radical (unpaired) electrons. The van der Waals surface area contributed by atoms with E-state index in [1.807, 2.05) is 6.92 Å². The maximum absolute atomic E-state index is 11.1. The fourth-order valence-corrected chi connectivity index (χ4v) is 1.68. The second-order valence-corrected chi connectivity index (χ2v) is 4.04. The fraction of sp³-hybridized carbons (Fsp3) is 0.909. The van der Waals surface area contributed by atoms with Crippen molar-refractivity contribution in [1.29, 1.82) is 0 Å². The zero-order valence-electron chi connectivity index (χ0n) is 10.2. The first-order chi connectivity index (χ1) is 7.02. The molecule has 0 aromatic rings. The van der Waals surface area contributed by atoms with Gasteiger partial charge in [0.2, 0.25) is 0 Å². The maximum atomic E-state index is 11.1. The molecule has 0 aromatic carbocycles. The van der Waals surface area contributed by atoms with Gasteiger partial charge in [0.05, 0.1) is 13.5 Å². The van der Waals surface area contributed by atoms with Crippen LogP contribution in [-0.2, 0) is 9.53 Å². The second-order valence-electron chi connectivity index (χ2n) is 4.04. The molecule has 0 saturated carbocycles. The van der Waals surface area contributed by atoms with Crippen molar-refractivity contribution in [3.05, 3.63) is 0 Å². The van der Waals surface area contributed by atoms with Crippen molar-refractivity contribution in [1.82, 2.24) is 4.90 Å².